The fraction of sp³-hybridized carbons (Fsp3) is 0.211. The Labute approximate surface area is 149 Å². The molecule has 25 heavy (non-hydrogen) atoms. The second kappa shape index (κ2) is 8.09. The molecule has 0 spiro atoms. The lowest BCUT2D eigenvalue weighted by Gasteiger charge is -2.25. The Hall–Kier alpha value is -2.44. The third-order valence-corrected chi connectivity index (χ3v) is 5.45. The van der Waals surface area contributed by atoms with Crippen molar-refractivity contribution in [3.63, 3.8) is 0 Å². The number of hydrogen-bond donors (Lipinski definition) is 1. The predicted octanol–water partition coefficient (Wildman–Crippen LogP) is 2.98. The van der Waals surface area contributed by atoms with E-state index >= 15 is 0 Å². The van der Waals surface area contributed by atoms with E-state index in [0.29, 0.717) is 5.56 Å². The van der Waals surface area contributed by atoms with E-state index in [-0.39, 0.29) is 23.4 Å². The van der Waals surface area contributed by atoms with E-state index in [1.54, 1.807) is 11.9 Å². The van der Waals surface area contributed by atoms with Gasteiger partial charge in [0, 0.05) is 19.2 Å². The van der Waals surface area contributed by atoms with Gasteiger partial charge in [0.15, 0.2) is 0 Å². The summed E-state index contributed by atoms with van der Waals surface area (Å²) in [5.74, 6) is -0.167. The Balaban J connectivity index is 2.16. The molecule has 1 unspecified atom stereocenters. The lowest BCUT2D eigenvalue weighted by atomic mass is 10.1. The molecule has 0 aromatic heterocycles. The van der Waals surface area contributed by atoms with Crippen LogP contribution >= 0.6 is 0 Å². The van der Waals surface area contributed by atoms with Gasteiger partial charge < -0.3 is 4.90 Å². The van der Waals surface area contributed by atoms with Crippen molar-refractivity contribution in [3.05, 3.63) is 78.4 Å². The maximum atomic E-state index is 12.6. The van der Waals surface area contributed by atoms with E-state index in [1.165, 1.54) is 30.3 Å². The predicted molar refractivity (Wildman–Crippen MR) is 98.8 cm³/mol. The maximum absolute atomic E-state index is 12.6. The van der Waals surface area contributed by atoms with Crippen molar-refractivity contribution in [1.29, 1.82) is 0 Å². The van der Waals surface area contributed by atoms with Crippen molar-refractivity contribution >= 4 is 15.9 Å². The van der Waals surface area contributed by atoms with Crippen LogP contribution in [-0.2, 0) is 10.0 Å². The van der Waals surface area contributed by atoms with E-state index in [2.05, 4.69) is 11.3 Å². The second-order valence-corrected chi connectivity index (χ2v) is 7.43. The van der Waals surface area contributed by atoms with Gasteiger partial charge in [0.2, 0.25) is 10.0 Å². The van der Waals surface area contributed by atoms with Crippen molar-refractivity contribution < 1.29 is 13.2 Å². The summed E-state index contributed by atoms with van der Waals surface area (Å²) >= 11 is 0. The van der Waals surface area contributed by atoms with Crippen LogP contribution in [0.1, 0.15) is 28.9 Å². The van der Waals surface area contributed by atoms with Crippen molar-refractivity contribution in [1.82, 2.24) is 9.62 Å². The molecule has 1 atom stereocenters. The van der Waals surface area contributed by atoms with Gasteiger partial charge in [0.05, 0.1) is 10.9 Å². The van der Waals surface area contributed by atoms with Gasteiger partial charge in [-0.05, 0) is 36.8 Å². The van der Waals surface area contributed by atoms with Crippen molar-refractivity contribution in [2.75, 3.05) is 13.6 Å². The largest absolute Gasteiger partial charge is 0.335 e. The van der Waals surface area contributed by atoms with Gasteiger partial charge in [-0.3, -0.25) is 4.79 Å². The van der Waals surface area contributed by atoms with E-state index in [4.69, 9.17) is 0 Å². The fourth-order valence-corrected chi connectivity index (χ4v) is 3.36. The minimum Gasteiger partial charge on any atom is -0.335 e. The first-order chi connectivity index (χ1) is 11.9. The number of carbonyl (C=O) groups is 1. The molecule has 1 amide bonds. The highest BCUT2D eigenvalue weighted by Crippen LogP contribution is 2.21. The third kappa shape index (κ3) is 4.55. The van der Waals surface area contributed by atoms with Crippen LogP contribution in [0.5, 0.6) is 0 Å². The summed E-state index contributed by atoms with van der Waals surface area (Å²) in [5, 5.41) is 0. The standard InChI is InChI=1S/C19H22N2O3S/c1-4-14-20-25(23,24)18-12-10-17(11-13-18)19(22)21(3)15(2)16-8-6-5-7-9-16/h4-13,15,20H,1,14H2,2-3H3. The van der Waals surface area contributed by atoms with Crippen molar-refractivity contribution in [2.24, 2.45) is 0 Å². The number of carbonyl (C=O) groups excluding carboxylic acids is 1. The van der Waals surface area contributed by atoms with Crippen molar-refractivity contribution in [3.8, 4) is 0 Å². The van der Waals surface area contributed by atoms with Crippen LogP contribution in [0.2, 0.25) is 0 Å². The molecule has 1 N–H and O–H groups in total. The monoisotopic (exact) mass is 358 g/mol. The molecule has 0 heterocycles. The molecule has 2 aromatic rings. The van der Waals surface area contributed by atoms with Gasteiger partial charge in [-0.25, -0.2) is 13.1 Å². The Morgan fingerprint density at radius 3 is 2.32 bits per heavy atom. The molecule has 0 saturated carbocycles. The van der Waals surface area contributed by atoms with Crippen LogP contribution in [-0.4, -0.2) is 32.8 Å². The molecule has 0 bridgehead atoms. The summed E-state index contributed by atoms with van der Waals surface area (Å²) in [4.78, 5) is 14.4. The average molecular weight is 358 g/mol. The molecular weight excluding hydrogens is 336 g/mol. The normalized spacial score (nSPS) is 12.4. The van der Waals surface area contributed by atoms with Crippen LogP contribution in [0.3, 0.4) is 0 Å². The number of nitrogens with one attached hydrogen (secondary N) is 1. The molecule has 0 aliphatic heterocycles. The molecule has 0 fully saturated rings. The molecular formula is C19H22N2O3S. The lowest BCUT2D eigenvalue weighted by molar-refractivity contribution is 0.0742. The summed E-state index contributed by atoms with van der Waals surface area (Å²) in [6.07, 6.45) is 1.47. The average Bonchev–Trinajstić information content (AvgIpc) is 2.65. The molecule has 0 aliphatic rings. The first-order valence-electron chi connectivity index (χ1n) is 7.89. The number of rotatable bonds is 7. The Kier molecular flexibility index (Phi) is 6.12. The van der Waals surface area contributed by atoms with E-state index < -0.39 is 10.0 Å². The summed E-state index contributed by atoms with van der Waals surface area (Å²) < 4.78 is 26.5. The molecule has 5 nitrogen and oxygen atoms in total. The van der Waals surface area contributed by atoms with Gasteiger partial charge in [0.25, 0.3) is 5.91 Å². The highest BCUT2D eigenvalue weighted by molar-refractivity contribution is 7.89. The highest BCUT2D eigenvalue weighted by Gasteiger charge is 2.20. The number of benzene rings is 2. The summed E-state index contributed by atoms with van der Waals surface area (Å²) in [6.45, 7) is 5.58. The number of nitrogens with zero attached hydrogens (tertiary/aromatic N) is 1. The fourth-order valence-electron chi connectivity index (χ4n) is 2.36. The first-order valence-corrected chi connectivity index (χ1v) is 9.38. The Morgan fingerprint density at radius 1 is 1.16 bits per heavy atom. The lowest BCUT2D eigenvalue weighted by Crippen LogP contribution is -2.29. The van der Waals surface area contributed by atoms with Crippen LogP contribution < -0.4 is 4.72 Å². The van der Waals surface area contributed by atoms with Crippen LogP contribution in [0.25, 0.3) is 0 Å². The van der Waals surface area contributed by atoms with Gasteiger partial charge in [-0.2, -0.15) is 0 Å². The summed E-state index contributed by atoms with van der Waals surface area (Å²) in [7, 11) is -1.86. The Morgan fingerprint density at radius 2 is 1.76 bits per heavy atom. The molecule has 6 heteroatoms. The van der Waals surface area contributed by atoms with E-state index in [1.807, 2.05) is 37.3 Å². The maximum Gasteiger partial charge on any atom is 0.254 e. The molecule has 2 rings (SSSR count). The second-order valence-electron chi connectivity index (χ2n) is 5.67. The zero-order valence-corrected chi connectivity index (χ0v) is 15.2. The molecule has 2 aromatic carbocycles. The molecule has 132 valence electrons. The Bertz CT molecular complexity index is 831. The van der Waals surface area contributed by atoms with Crippen molar-refractivity contribution in [2.45, 2.75) is 17.9 Å². The van der Waals surface area contributed by atoms with E-state index in [9.17, 15) is 13.2 Å². The van der Waals surface area contributed by atoms with Gasteiger partial charge >= 0.3 is 0 Å². The zero-order valence-electron chi connectivity index (χ0n) is 14.3. The summed E-state index contributed by atoms with van der Waals surface area (Å²) in [6, 6.07) is 15.5. The van der Waals surface area contributed by atoms with Gasteiger partial charge in [0.1, 0.15) is 0 Å². The van der Waals surface area contributed by atoms with Gasteiger partial charge in [-0.1, -0.05) is 36.4 Å². The number of amides is 1. The molecule has 0 saturated heterocycles. The molecule has 0 aliphatic carbocycles. The topological polar surface area (TPSA) is 66.5 Å². The summed E-state index contributed by atoms with van der Waals surface area (Å²) in [5.41, 5.74) is 1.47. The quantitative estimate of drug-likeness (QED) is 0.774. The minimum absolute atomic E-state index is 0.0913. The van der Waals surface area contributed by atoms with Crippen LogP contribution in [0.4, 0.5) is 0 Å². The van der Waals surface area contributed by atoms with Gasteiger partial charge in [-0.15, -0.1) is 6.58 Å². The first kappa shape index (κ1) is 18.9. The van der Waals surface area contributed by atoms with E-state index in [0.717, 1.165) is 5.56 Å². The smallest absolute Gasteiger partial charge is 0.254 e. The van der Waals surface area contributed by atoms with Crippen LogP contribution in [0.15, 0.2) is 72.1 Å². The number of hydrogen-bond acceptors (Lipinski definition) is 3. The number of sulfonamides is 1. The van der Waals surface area contributed by atoms with Crippen LogP contribution in [0, 0.1) is 0 Å². The minimum atomic E-state index is -3.59. The SMILES string of the molecule is C=CCNS(=O)(=O)c1ccc(C(=O)N(C)C(C)c2ccccc2)cc1. The third-order valence-electron chi connectivity index (χ3n) is 4.01. The zero-order chi connectivity index (χ0) is 18.4. The highest BCUT2D eigenvalue weighted by atomic mass is 32.2. The molecule has 0 radical (unpaired) electrons.